The second kappa shape index (κ2) is 13.3. The molecule has 2 aromatic rings. The number of halogens is 4. The summed E-state index contributed by atoms with van der Waals surface area (Å²) in [6, 6.07) is 9.47. The minimum absolute atomic E-state index is 0.0216. The molecule has 0 spiro atoms. The van der Waals surface area contributed by atoms with Gasteiger partial charge < -0.3 is 17.3 Å². The molecule has 4 nitrogen and oxygen atoms in total. The zero-order valence-corrected chi connectivity index (χ0v) is 30.7. The molecule has 1 saturated heterocycles. The van der Waals surface area contributed by atoms with Gasteiger partial charge in [-0.15, -0.1) is 0 Å². The van der Waals surface area contributed by atoms with Gasteiger partial charge in [-0.05, 0) is 0 Å². The van der Waals surface area contributed by atoms with Gasteiger partial charge in [0, 0.05) is 0 Å². The minimum Gasteiger partial charge on any atom is -0.418 e. The zero-order chi connectivity index (χ0) is 35.2. The van der Waals surface area contributed by atoms with Crippen molar-refractivity contribution in [2.75, 3.05) is 0 Å². The van der Waals surface area contributed by atoms with Crippen LogP contribution in [0.25, 0.3) is 0 Å². The normalized spacial score (nSPS) is 21.5. The van der Waals surface area contributed by atoms with Crippen LogP contribution >= 0.6 is 0 Å². The number of rotatable bonds is 2. The molecule has 1 saturated carbocycles. The summed E-state index contributed by atoms with van der Waals surface area (Å²) in [6.07, 6.45) is 9.09. The number of aromatic hydroxyl groups is 2. The van der Waals surface area contributed by atoms with E-state index in [2.05, 4.69) is 127 Å². The fraction of sp³-hybridized carbons (Fsp3) is 0.611. The van der Waals surface area contributed by atoms with Crippen molar-refractivity contribution in [2.24, 2.45) is 0 Å². The van der Waals surface area contributed by atoms with E-state index in [1.165, 1.54) is 24.0 Å². The summed E-state index contributed by atoms with van der Waals surface area (Å²) < 4.78 is 43.8. The molecule has 0 radical (unpaired) electrons. The van der Waals surface area contributed by atoms with Gasteiger partial charge in [0.15, 0.2) is 0 Å². The number of phenolic OH excluding ortho intramolecular Hbond substituents is 2. The molecule has 0 amide bonds. The van der Waals surface area contributed by atoms with Crippen molar-refractivity contribution in [2.45, 2.75) is 143 Å². The van der Waals surface area contributed by atoms with Gasteiger partial charge in [0.2, 0.25) is 0 Å². The van der Waals surface area contributed by atoms with Crippen LogP contribution in [-0.4, -0.2) is 49.2 Å². The van der Waals surface area contributed by atoms with Gasteiger partial charge in [0.05, 0.1) is 0 Å². The van der Waals surface area contributed by atoms with Crippen LogP contribution in [0.15, 0.2) is 24.3 Å². The molecular formula is C36H54BCoF4N2O2+. The van der Waals surface area contributed by atoms with Crippen LogP contribution in [0.3, 0.4) is 0 Å². The molecule has 259 valence electrons. The van der Waals surface area contributed by atoms with E-state index in [1.807, 2.05) is 0 Å². The summed E-state index contributed by atoms with van der Waals surface area (Å²) in [4.78, 5) is 0. The molecule has 4 rings (SSSR count). The summed E-state index contributed by atoms with van der Waals surface area (Å²) in [6.45, 7) is 26.4. The summed E-state index contributed by atoms with van der Waals surface area (Å²) in [5.41, 5.74) is 5.89. The number of fused-ring (bicyclic) bond motifs is 1. The first-order valence-corrected chi connectivity index (χ1v) is 17.1. The topological polar surface area (TPSA) is 46.5 Å². The third-order valence-electron chi connectivity index (χ3n) is 8.59. The number of hydrogen-bond donors (Lipinski definition) is 2. The minimum atomic E-state index is -6.00. The molecule has 0 bridgehead atoms. The van der Waals surface area contributed by atoms with E-state index in [4.69, 9.17) is 0 Å². The smallest absolute Gasteiger partial charge is 0.418 e. The SMILES string of the molecule is CC(C)(C)c1cc(C=[N+]2[Co][N+](=Cc3cc(C(C)(C)C)cc(C(C)(C)C)c3O)[C@H]3CCCC[C@@H]32)c(O)c(C(C)(C)C)c1.F[B-](F)(F)F. The second-order valence-electron chi connectivity index (χ2n) is 16.8. The monoisotopic (exact) mass is 692 g/mol. The Bertz CT molecular complexity index is 1380. The van der Waals surface area contributed by atoms with Crippen molar-refractivity contribution in [3.63, 3.8) is 0 Å². The molecule has 2 atom stereocenters. The maximum atomic E-state index is 11.5. The van der Waals surface area contributed by atoms with E-state index < -0.39 is 7.25 Å². The van der Waals surface area contributed by atoms with Crippen LogP contribution in [0.4, 0.5) is 17.3 Å². The molecule has 46 heavy (non-hydrogen) atoms. The molecule has 2 fully saturated rings. The van der Waals surface area contributed by atoms with Gasteiger partial charge in [-0.1, -0.05) is 0 Å². The maximum Gasteiger partial charge on any atom is 0.673 e. The maximum absolute atomic E-state index is 11.5. The van der Waals surface area contributed by atoms with Crippen LogP contribution in [0.5, 0.6) is 11.5 Å². The summed E-state index contributed by atoms with van der Waals surface area (Å²) in [7, 11) is -6.00. The van der Waals surface area contributed by atoms with E-state index in [-0.39, 0.29) is 21.7 Å². The Morgan fingerprint density at radius 3 is 1.17 bits per heavy atom. The third kappa shape index (κ3) is 9.61. The van der Waals surface area contributed by atoms with Gasteiger partial charge in [-0.2, -0.15) is 0 Å². The zero-order valence-electron chi connectivity index (χ0n) is 29.7. The van der Waals surface area contributed by atoms with Crippen LogP contribution in [-0.2, 0) is 36.8 Å². The molecule has 2 aromatic carbocycles. The van der Waals surface area contributed by atoms with Crippen molar-refractivity contribution in [1.82, 2.24) is 0 Å². The Morgan fingerprint density at radius 2 is 0.913 bits per heavy atom. The van der Waals surface area contributed by atoms with Gasteiger partial charge in [0.25, 0.3) is 0 Å². The molecule has 0 unspecified atom stereocenters. The predicted molar refractivity (Wildman–Crippen MR) is 178 cm³/mol. The first-order valence-electron chi connectivity index (χ1n) is 16.2. The van der Waals surface area contributed by atoms with Crippen molar-refractivity contribution in [3.05, 3.63) is 57.6 Å². The largest absolute Gasteiger partial charge is 0.673 e. The molecule has 2 N–H and O–H groups in total. The number of hydrogen-bond acceptors (Lipinski definition) is 2. The number of nitrogens with zero attached hydrogens (tertiary/aromatic N) is 2. The fourth-order valence-corrected chi connectivity index (χ4v) is 7.45. The summed E-state index contributed by atoms with van der Waals surface area (Å²) in [5, 5.41) is 23.0. The van der Waals surface area contributed by atoms with Crippen molar-refractivity contribution in [3.8, 4) is 11.5 Å². The van der Waals surface area contributed by atoms with Crippen molar-refractivity contribution in [1.29, 1.82) is 0 Å². The molecule has 1 heterocycles. The standard InChI is InChI=1S/C36H54N2O2.BF4.Co/c1-33(2,3)25-17-23(31(39)27(19-25)35(7,8)9)21-37-29-15-13-14-16-30(29)38-22-24-18-26(34(4,5)6)20-28(32(24)40)36(10,11)12;2-1(3,4)5;/h17-22,29-30,39-40H,13-16H2,1-12H3;;/q;-1;+2/t29-,30-;;/m0../s1. The van der Waals surface area contributed by atoms with Gasteiger partial charge in [-0.25, -0.2) is 0 Å². The Morgan fingerprint density at radius 1 is 0.609 bits per heavy atom. The van der Waals surface area contributed by atoms with Crippen LogP contribution < -0.4 is 0 Å². The second-order valence-corrected chi connectivity index (χ2v) is 18.1. The van der Waals surface area contributed by atoms with E-state index >= 15 is 0 Å². The van der Waals surface area contributed by atoms with Crippen LogP contribution in [0.1, 0.15) is 142 Å². The predicted octanol–water partition coefficient (Wildman–Crippen LogP) is 9.39. The van der Waals surface area contributed by atoms with Crippen LogP contribution in [0, 0.1) is 0 Å². The number of benzene rings is 2. The Kier molecular flexibility index (Phi) is 11.0. The molecule has 1 aliphatic carbocycles. The third-order valence-corrected chi connectivity index (χ3v) is 10.0. The van der Waals surface area contributed by atoms with E-state index in [9.17, 15) is 27.5 Å². The molecule has 0 aromatic heterocycles. The average Bonchev–Trinajstić information content (AvgIpc) is 3.19. The van der Waals surface area contributed by atoms with Gasteiger partial charge in [0.1, 0.15) is 0 Å². The fourth-order valence-electron chi connectivity index (χ4n) is 5.83. The molecular weight excluding hydrogens is 638 g/mol. The first-order chi connectivity index (χ1) is 20.7. The summed E-state index contributed by atoms with van der Waals surface area (Å²) in [5.74, 6) is 0.778. The van der Waals surface area contributed by atoms with Gasteiger partial charge >= 0.3 is 264 Å². The molecule has 10 heteroatoms. The number of phenols is 2. The Balaban J connectivity index is 0.00000107. The molecule has 1 aliphatic heterocycles. The van der Waals surface area contributed by atoms with E-state index in [0.717, 1.165) is 50.2 Å². The first kappa shape index (κ1) is 38.1. The average molecular weight is 693 g/mol. The Labute approximate surface area is 280 Å². The summed E-state index contributed by atoms with van der Waals surface area (Å²) >= 11 is 1.10. The van der Waals surface area contributed by atoms with Crippen molar-refractivity contribution >= 4 is 19.7 Å². The van der Waals surface area contributed by atoms with E-state index in [1.54, 1.807) is 0 Å². The quantitative estimate of drug-likeness (QED) is 0.244. The van der Waals surface area contributed by atoms with Crippen molar-refractivity contribution < 1.29 is 49.9 Å². The molecule has 2 aliphatic rings. The van der Waals surface area contributed by atoms with E-state index in [0.29, 0.717) is 23.6 Å². The Hall–Kier alpha value is -2.33. The van der Waals surface area contributed by atoms with Crippen LogP contribution in [0.2, 0.25) is 0 Å². The van der Waals surface area contributed by atoms with Gasteiger partial charge in [-0.3, -0.25) is 0 Å².